The summed E-state index contributed by atoms with van der Waals surface area (Å²) < 4.78 is 43.2. The lowest BCUT2D eigenvalue weighted by molar-refractivity contribution is -0.118. The summed E-state index contributed by atoms with van der Waals surface area (Å²) in [6.45, 7) is 2.85. The molecule has 1 N–H and O–H groups in total. The summed E-state index contributed by atoms with van der Waals surface area (Å²) in [5.41, 5.74) is 0.996. The van der Waals surface area contributed by atoms with E-state index >= 15 is 0 Å². The van der Waals surface area contributed by atoms with Crippen molar-refractivity contribution in [2.45, 2.75) is 11.8 Å². The van der Waals surface area contributed by atoms with Crippen molar-refractivity contribution in [1.29, 1.82) is 0 Å². The fraction of sp³-hybridized carbons (Fsp3) is 0.350. The molecule has 0 atom stereocenters. The fourth-order valence-corrected chi connectivity index (χ4v) is 4.62. The number of benzene rings is 2. The molecule has 1 heterocycles. The van der Waals surface area contributed by atoms with Crippen molar-refractivity contribution in [1.82, 2.24) is 4.31 Å². The van der Waals surface area contributed by atoms with E-state index in [1.165, 1.54) is 17.5 Å². The Balaban J connectivity index is 1.70. The number of para-hydroxylation sites is 2. The maximum atomic E-state index is 12.9. The van der Waals surface area contributed by atoms with Gasteiger partial charge >= 0.3 is 0 Å². The van der Waals surface area contributed by atoms with Crippen LogP contribution in [0.5, 0.6) is 11.5 Å². The summed E-state index contributed by atoms with van der Waals surface area (Å²) in [7, 11) is -2.14. The average molecular weight is 420 g/mol. The molecule has 2 aromatic carbocycles. The minimum atomic E-state index is -3.66. The third kappa shape index (κ3) is 5.06. The summed E-state index contributed by atoms with van der Waals surface area (Å²) >= 11 is 0. The SMILES string of the molecule is COc1ccccc1OCC(=O)Nc1ccc(C)c(S(=O)(=O)N2CCOCC2)c1. The number of carbonyl (C=O) groups is 1. The summed E-state index contributed by atoms with van der Waals surface area (Å²) in [5.74, 6) is 0.564. The first-order chi connectivity index (χ1) is 13.9. The number of hydrogen-bond donors (Lipinski definition) is 1. The van der Waals surface area contributed by atoms with E-state index in [2.05, 4.69) is 5.32 Å². The fourth-order valence-electron chi connectivity index (χ4n) is 2.96. The minimum absolute atomic E-state index is 0.169. The van der Waals surface area contributed by atoms with Crippen molar-refractivity contribution in [2.75, 3.05) is 45.3 Å². The van der Waals surface area contributed by atoms with Gasteiger partial charge in [-0.25, -0.2) is 8.42 Å². The molecular weight excluding hydrogens is 396 g/mol. The van der Waals surface area contributed by atoms with Gasteiger partial charge < -0.3 is 19.5 Å². The highest BCUT2D eigenvalue weighted by molar-refractivity contribution is 7.89. The maximum Gasteiger partial charge on any atom is 0.262 e. The molecule has 0 aliphatic carbocycles. The summed E-state index contributed by atoms with van der Waals surface area (Å²) in [6.07, 6.45) is 0. The number of aryl methyl sites for hydroxylation is 1. The van der Waals surface area contributed by atoms with Gasteiger partial charge in [-0.2, -0.15) is 4.31 Å². The van der Waals surface area contributed by atoms with Gasteiger partial charge in [0, 0.05) is 18.8 Å². The van der Waals surface area contributed by atoms with Gasteiger partial charge in [-0.1, -0.05) is 18.2 Å². The molecule has 0 radical (unpaired) electrons. The van der Waals surface area contributed by atoms with Gasteiger partial charge in [-0.05, 0) is 36.8 Å². The number of morpholine rings is 1. The molecule has 8 nitrogen and oxygen atoms in total. The number of rotatable bonds is 7. The number of hydrogen-bond acceptors (Lipinski definition) is 6. The first-order valence-corrected chi connectivity index (χ1v) is 10.6. The van der Waals surface area contributed by atoms with Crippen molar-refractivity contribution in [3.05, 3.63) is 48.0 Å². The second-order valence-electron chi connectivity index (χ2n) is 6.48. The predicted octanol–water partition coefficient (Wildman–Crippen LogP) is 2.04. The second-order valence-corrected chi connectivity index (χ2v) is 8.39. The highest BCUT2D eigenvalue weighted by atomic mass is 32.2. The highest BCUT2D eigenvalue weighted by Crippen LogP contribution is 2.26. The van der Waals surface area contributed by atoms with E-state index in [9.17, 15) is 13.2 Å². The van der Waals surface area contributed by atoms with Gasteiger partial charge in [0.05, 0.1) is 25.2 Å². The van der Waals surface area contributed by atoms with Crippen molar-refractivity contribution in [3.63, 3.8) is 0 Å². The molecule has 9 heteroatoms. The molecular formula is C20H24N2O6S. The Bertz CT molecular complexity index is 971. The van der Waals surface area contributed by atoms with E-state index in [0.29, 0.717) is 49.1 Å². The standard InChI is InChI=1S/C20H24N2O6S/c1-15-7-8-16(13-19(15)29(24,25)22-9-11-27-12-10-22)21-20(23)14-28-18-6-4-3-5-17(18)26-2/h3-8,13H,9-12,14H2,1-2H3,(H,21,23). The van der Waals surface area contributed by atoms with Crippen molar-refractivity contribution >= 4 is 21.6 Å². The molecule has 0 bridgehead atoms. The number of methoxy groups -OCH3 is 1. The van der Waals surface area contributed by atoms with Gasteiger partial charge in [-0.3, -0.25) is 4.79 Å². The van der Waals surface area contributed by atoms with Gasteiger partial charge in [0.1, 0.15) is 0 Å². The zero-order chi connectivity index (χ0) is 20.9. The number of sulfonamides is 1. The van der Waals surface area contributed by atoms with Gasteiger partial charge in [0.2, 0.25) is 10.0 Å². The maximum absolute atomic E-state index is 12.9. The first kappa shape index (κ1) is 21.1. The smallest absolute Gasteiger partial charge is 0.262 e. The van der Waals surface area contributed by atoms with Crippen LogP contribution in [0.2, 0.25) is 0 Å². The van der Waals surface area contributed by atoms with Crippen LogP contribution >= 0.6 is 0 Å². The van der Waals surface area contributed by atoms with Crippen molar-refractivity contribution in [2.24, 2.45) is 0 Å². The van der Waals surface area contributed by atoms with Crippen LogP contribution in [-0.2, 0) is 19.6 Å². The van der Waals surface area contributed by atoms with Gasteiger partial charge in [0.25, 0.3) is 5.91 Å². The monoisotopic (exact) mass is 420 g/mol. The van der Waals surface area contributed by atoms with Crippen molar-refractivity contribution < 1.29 is 27.4 Å². The molecule has 29 heavy (non-hydrogen) atoms. The van der Waals surface area contributed by atoms with Gasteiger partial charge in [-0.15, -0.1) is 0 Å². The lowest BCUT2D eigenvalue weighted by Gasteiger charge is -2.26. The average Bonchev–Trinajstić information content (AvgIpc) is 2.74. The second kappa shape index (κ2) is 9.25. The van der Waals surface area contributed by atoms with Crippen LogP contribution in [-0.4, -0.2) is 58.7 Å². The summed E-state index contributed by atoms with van der Waals surface area (Å²) in [4.78, 5) is 12.4. The lowest BCUT2D eigenvalue weighted by Crippen LogP contribution is -2.40. The first-order valence-electron chi connectivity index (χ1n) is 9.16. The molecule has 156 valence electrons. The molecule has 2 aromatic rings. The van der Waals surface area contributed by atoms with E-state index < -0.39 is 15.9 Å². The van der Waals surface area contributed by atoms with Crippen LogP contribution in [0.25, 0.3) is 0 Å². The number of ether oxygens (including phenoxy) is 3. The Hall–Kier alpha value is -2.62. The number of carbonyl (C=O) groups excluding carboxylic acids is 1. The Morgan fingerprint density at radius 2 is 1.83 bits per heavy atom. The van der Waals surface area contributed by atoms with Crippen LogP contribution in [0.3, 0.4) is 0 Å². The largest absolute Gasteiger partial charge is 0.493 e. The topological polar surface area (TPSA) is 94.2 Å². The Labute approximate surface area is 170 Å². The quantitative estimate of drug-likeness (QED) is 0.737. The zero-order valence-corrected chi connectivity index (χ0v) is 17.2. The van der Waals surface area contributed by atoms with Crippen molar-refractivity contribution in [3.8, 4) is 11.5 Å². The molecule has 0 aromatic heterocycles. The predicted molar refractivity (Wildman–Crippen MR) is 108 cm³/mol. The van der Waals surface area contributed by atoms with E-state index in [1.807, 2.05) is 0 Å². The lowest BCUT2D eigenvalue weighted by atomic mass is 10.2. The molecule has 1 saturated heterocycles. The van der Waals surface area contributed by atoms with Gasteiger partial charge in [0.15, 0.2) is 18.1 Å². The Morgan fingerprint density at radius 1 is 1.14 bits per heavy atom. The Kier molecular flexibility index (Phi) is 6.73. The minimum Gasteiger partial charge on any atom is -0.493 e. The molecule has 0 unspecified atom stereocenters. The summed E-state index contributed by atoms with van der Waals surface area (Å²) in [5, 5.41) is 2.68. The molecule has 3 rings (SSSR count). The van der Waals surface area contributed by atoms with Crippen LogP contribution in [0.15, 0.2) is 47.4 Å². The van der Waals surface area contributed by atoms with E-state index in [-0.39, 0.29) is 11.5 Å². The molecule has 1 fully saturated rings. The zero-order valence-electron chi connectivity index (χ0n) is 16.4. The van der Waals surface area contributed by atoms with Crippen LogP contribution < -0.4 is 14.8 Å². The van der Waals surface area contributed by atoms with Crippen LogP contribution in [0, 0.1) is 6.92 Å². The van der Waals surface area contributed by atoms with E-state index in [1.54, 1.807) is 43.3 Å². The molecule has 0 saturated carbocycles. The molecule has 1 amide bonds. The number of amides is 1. The normalized spacial score (nSPS) is 15.0. The van der Waals surface area contributed by atoms with E-state index in [0.717, 1.165) is 0 Å². The van der Waals surface area contributed by atoms with Crippen LogP contribution in [0.4, 0.5) is 5.69 Å². The molecule has 1 aliphatic heterocycles. The number of anilines is 1. The third-order valence-electron chi connectivity index (χ3n) is 4.49. The highest BCUT2D eigenvalue weighted by Gasteiger charge is 2.28. The number of nitrogens with one attached hydrogen (secondary N) is 1. The molecule has 0 spiro atoms. The Morgan fingerprint density at radius 3 is 2.52 bits per heavy atom. The van der Waals surface area contributed by atoms with Crippen LogP contribution in [0.1, 0.15) is 5.56 Å². The van der Waals surface area contributed by atoms with E-state index in [4.69, 9.17) is 14.2 Å². The molecule has 1 aliphatic rings. The number of nitrogens with zero attached hydrogens (tertiary/aromatic N) is 1. The summed E-state index contributed by atoms with van der Waals surface area (Å²) in [6, 6.07) is 11.8. The third-order valence-corrected chi connectivity index (χ3v) is 6.53.